The molecule has 1 heterocycles. The summed E-state index contributed by atoms with van der Waals surface area (Å²) in [7, 11) is 0. The van der Waals surface area contributed by atoms with E-state index >= 15 is 0 Å². The zero-order chi connectivity index (χ0) is 15.0. The maximum atomic E-state index is 12.3. The van der Waals surface area contributed by atoms with E-state index in [0.29, 0.717) is 28.6 Å². The van der Waals surface area contributed by atoms with Crippen molar-refractivity contribution in [3.63, 3.8) is 0 Å². The van der Waals surface area contributed by atoms with E-state index in [2.05, 4.69) is 5.32 Å². The van der Waals surface area contributed by atoms with Crippen molar-refractivity contribution < 1.29 is 9.59 Å². The predicted octanol–water partition coefficient (Wildman–Crippen LogP) is 3.23. The van der Waals surface area contributed by atoms with Crippen LogP contribution in [0, 0.1) is 11.8 Å². The van der Waals surface area contributed by atoms with Gasteiger partial charge >= 0.3 is 0 Å². The molecule has 0 aromatic heterocycles. The quantitative estimate of drug-likeness (QED) is 0.868. The summed E-state index contributed by atoms with van der Waals surface area (Å²) in [5.74, 6) is -0.878. The third kappa shape index (κ3) is 2.65. The number of anilines is 1. The minimum Gasteiger partial charge on any atom is -0.366 e. The third-order valence-corrected chi connectivity index (χ3v) is 4.60. The highest BCUT2D eigenvalue weighted by Crippen LogP contribution is 2.38. The predicted molar refractivity (Wildman–Crippen MR) is 81.9 cm³/mol. The first-order valence-electron chi connectivity index (χ1n) is 6.76. The fraction of sp³-hybridized carbons (Fsp3) is 0.333. The number of nitrogens with zero attached hydrogens (tertiary/aromatic N) is 1. The highest BCUT2D eigenvalue weighted by atomic mass is 35.5. The molecule has 2 amide bonds. The van der Waals surface area contributed by atoms with Crippen LogP contribution in [-0.4, -0.2) is 23.4 Å². The molecule has 1 N–H and O–H groups in total. The van der Waals surface area contributed by atoms with E-state index in [0.717, 1.165) is 0 Å². The summed E-state index contributed by atoms with van der Waals surface area (Å²) < 4.78 is 0. The van der Waals surface area contributed by atoms with E-state index in [1.165, 1.54) is 4.90 Å². The highest BCUT2D eigenvalue weighted by Gasteiger charge is 2.48. The van der Waals surface area contributed by atoms with E-state index in [1.54, 1.807) is 12.1 Å². The standard InChI is InChI=1S/C15H14Cl2N2O2/c16-9-5-6-10-11(7-9)15(21)19(14(10)20)8-18-13-4-2-1-3-12(13)17/h1-5,10-11,18H,6-8H2/t10-,11-/m1/s1. The summed E-state index contributed by atoms with van der Waals surface area (Å²) in [6.45, 7) is 0.131. The zero-order valence-corrected chi connectivity index (χ0v) is 12.7. The Hall–Kier alpha value is -1.52. The van der Waals surface area contributed by atoms with Crippen molar-refractivity contribution in [1.82, 2.24) is 4.90 Å². The molecule has 1 aromatic carbocycles. The average Bonchev–Trinajstić information content (AvgIpc) is 2.70. The lowest BCUT2D eigenvalue weighted by Crippen LogP contribution is -2.35. The normalized spacial score (nSPS) is 24.9. The van der Waals surface area contributed by atoms with Gasteiger partial charge in [0, 0.05) is 5.03 Å². The number of carbonyl (C=O) groups is 2. The van der Waals surface area contributed by atoms with Crippen molar-refractivity contribution >= 4 is 40.7 Å². The van der Waals surface area contributed by atoms with Crippen LogP contribution in [0.1, 0.15) is 12.8 Å². The molecule has 1 aromatic rings. The smallest absolute Gasteiger partial charge is 0.234 e. The first-order chi connectivity index (χ1) is 10.1. The lowest BCUT2D eigenvalue weighted by molar-refractivity contribution is -0.139. The van der Waals surface area contributed by atoms with Gasteiger partial charge in [0.1, 0.15) is 0 Å². The number of halogens is 2. The first kappa shape index (κ1) is 14.4. The van der Waals surface area contributed by atoms with Crippen LogP contribution in [-0.2, 0) is 9.59 Å². The topological polar surface area (TPSA) is 49.4 Å². The van der Waals surface area contributed by atoms with Gasteiger partial charge in [0.15, 0.2) is 0 Å². The van der Waals surface area contributed by atoms with Crippen LogP contribution in [0.15, 0.2) is 35.4 Å². The van der Waals surface area contributed by atoms with Gasteiger partial charge in [0.05, 0.1) is 29.2 Å². The van der Waals surface area contributed by atoms with E-state index < -0.39 is 0 Å². The number of hydrogen-bond donors (Lipinski definition) is 1. The molecule has 0 spiro atoms. The van der Waals surface area contributed by atoms with Gasteiger partial charge in [-0.1, -0.05) is 41.4 Å². The first-order valence-corrected chi connectivity index (χ1v) is 7.51. The van der Waals surface area contributed by atoms with Gasteiger partial charge in [0.25, 0.3) is 0 Å². The van der Waals surface area contributed by atoms with Gasteiger partial charge in [0.2, 0.25) is 11.8 Å². The Morgan fingerprint density at radius 1 is 1.14 bits per heavy atom. The fourth-order valence-corrected chi connectivity index (χ4v) is 3.28. The Morgan fingerprint density at radius 3 is 2.62 bits per heavy atom. The number of para-hydroxylation sites is 1. The molecule has 6 heteroatoms. The minimum atomic E-state index is -0.317. The van der Waals surface area contributed by atoms with E-state index in [4.69, 9.17) is 23.2 Å². The molecule has 2 atom stereocenters. The fourth-order valence-electron chi connectivity index (χ4n) is 2.82. The number of nitrogens with one attached hydrogen (secondary N) is 1. The second-order valence-corrected chi connectivity index (χ2v) is 6.12. The van der Waals surface area contributed by atoms with Gasteiger partial charge in [-0.15, -0.1) is 0 Å². The lowest BCUT2D eigenvalue weighted by atomic mass is 9.85. The molecule has 1 aliphatic carbocycles. The molecule has 2 aliphatic rings. The number of likely N-dealkylation sites (tertiary alicyclic amines) is 1. The SMILES string of the molecule is O=C1[C@@H]2CC=C(Cl)C[C@H]2C(=O)N1CNc1ccccc1Cl. The van der Waals surface area contributed by atoms with Crippen molar-refractivity contribution in [2.45, 2.75) is 12.8 Å². The zero-order valence-electron chi connectivity index (χ0n) is 11.2. The van der Waals surface area contributed by atoms with Crippen molar-refractivity contribution in [2.75, 3.05) is 12.0 Å². The number of fused-ring (bicyclic) bond motifs is 1. The summed E-state index contributed by atoms with van der Waals surface area (Å²) >= 11 is 12.0. The van der Waals surface area contributed by atoms with Crippen LogP contribution in [0.3, 0.4) is 0 Å². The van der Waals surface area contributed by atoms with Crippen molar-refractivity contribution in [3.8, 4) is 0 Å². The molecule has 1 fully saturated rings. The Morgan fingerprint density at radius 2 is 1.86 bits per heavy atom. The molecular formula is C15H14Cl2N2O2. The van der Waals surface area contributed by atoms with Crippen molar-refractivity contribution in [1.29, 1.82) is 0 Å². The number of carbonyl (C=O) groups excluding carboxylic acids is 2. The number of imide groups is 1. The van der Waals surface area contributed by atoms with Crippen molar-refractivity contribution in [3.05, 3.63) is 40.4 Å². The molecule has 1 saturated heterocycles. The number of allylic oxidation sites excluding steroid dienone is 2. The van der Waals surface area contributed by atoms with Crippen LogP contribution in [0.4, 0.5) is 5.69 Å². The van der Waals surface area contributed by atoms with E-state index in [1.807, 2.05) is 18.2 Å². The van der Waals surface area contributed by atoms with Gasteiger partial charge in [-0.2, -0.15) is 0 Å². The van der Waals surface area contributed by atoms with E-state index in [9.17, 15) is 9.59 Å². The third-order valence-electron chi connectivity index (χ3n) is 3.96. The summed E-state index contributed by atoms with van der Waals surface area (Å²) in [4.78, 5) is 25.9. The van der Waals surface area contributed by atoms with Crippen LogP contribution in [0.25, 0.3) is 0 Å². The molecule has 0 saturated carbocycles. The molecule has 4 nitrogen and oxygen atoms in total. The Balaban J connectivity index is 1.71. The van der Waals surface area contributed by atoms with Crippen molar-refractivity contribution in [2.24, 2.45) is 11.8 Å². The Bertz CT molecular complexity index is 630. The monoisotopic (exact) mass is 324 g/mol. The van der Waals surface area contributed by atoms with Crippen LogP contribution < -0.4 is 5.32 Å². The second kappa shape index (κ2) is 5.70. The van der Waals surface area contributed by atoms with Crippen LogP contribution in [0.5, 0.6) is 0 Å². The van der Waals surface area contributed by atoms with Gasteiger partial charge in [-0.05, 0) is 25.0 Å². The largest absolute Gasteiger partial charge is 0.366 e. The molecule has 110 valence electrons. The number of benzene rings is 1. The number of rotatable bonds is 3. The Kier molecular flexibility index (Phi) is 3.91. The summed E-state index contributed by atoms with van der Waals surface area (Å²) in [6.07, 6.45) is 2.83. The van der Waals surface area contributed by atoms with Crippen LogP contribution >= 0.6 is 23.2 Å². The van der Waals surface area contributed by atoms with Gasteiger partial charge in [-0.25, -0.2) is 0 Å². The molecule has 3 rings (SSSR count). The minimum absolute atomic E-state index is 0.131. The summed E-state index contributed by atoms with van der Waals surface area (Å²) in [5, 5.41) is 4.26. The maximum Gasteiger partial charge on any atom is 0.234 e. The molecule has 21 heavy (non-hydrogen) atoms. The second-order valence-electron chi connectivity index (χ2n) is 5.22. The highest BCUT2D eigenvalue weighted by molar-refractivity contribution is 6.33. The lowest BCUT2D eigenvalue weighted by Gasteiger charge is -2.17. The van der Waals surface area contributed by atoms with E-state index in [-0.39, 0.29) is 30.3 Å². The summed E-state index contributed by atoms with van der Waals surface area (Å²) in [5.41, 5.74) is 0.700. The molecular weight excluding hydrogens is 311 g/mol. The number of amides is 2. The van der Waals surface area contributed by atoms with Gasteiger partial charge < -0.3 is 5.32 Å². The molecule has 0 unspecified atom stereocenters. The Labute approximate surface area is 132 Å². The molecule has 0 radical (unpaired) electrons. The molecule has 0 bridgehead atoms. The number of hydrogen-bond acceptors (Lipinski definition) is 3. The summed E-state index contributed by atoms with van der Waals surface area (Å²) in [6, 6.07) is 7.22. The maximum absolute atomic E-state index is 12.3. The van der Waals surface area contributed by atoms with Crippen LogP contribution in [0.2, 0.25) is 5.02 Å². The van der Waals surface area contributed by atoms with Gasteiger partial charge in [-0.3, -0.25) is 14.5 Å². The average molecular weight is 325 g/mol. The molecule has 1 aliphatic heterocycles.